The summed E-state index contributed by atoms with van der Waals surface area (Å²) < 4.78 is 17.8. The molecule has 0 bridgehead atoms. The summed E-state index contributed by atoms with van der Waals surface area (Å²) in [5, 5.41) is 10.0. The number of hydrogen-bond donors (Lipinski definition) is 1. The number of hydrogen-bond acceptors (Lipinski definition) is 4. The fourth-order valence-electron chi connectivity index (χ4n) is 4.19. The molecule has 138 valence electrons. The molecule has 1 N–H and O–H groups in total. The van der Waals surface area contributed by atoms with Gasteiger partial charge < -0.3 is 19.3 Å². The largest absolute Gasteiger partial charge is 0.497 e. The Morgan fingerprint density at radius 2 is 2.16 bits per heavy atom. The van der Waals surface area contributed by atoms with Crippen molar-refractivity contribution in [2.75, 3.05) is 20.3 Å². The van der Waals surface area contributed by atoms with Crippen LogP contribution in [0.1, 0.15) is 37.7 Å². The Morgan fingerprint density at radius 1 is 1.36 bits per heavy atom. The smallest absolute Gasteiger partial charge is 0.168 e. The molecule has 1 heterocycles. The van der Waals surface area contributed by atoms with Crippen LogP contribution in [-0.4, -0.2) is 37.3 Å². The molecule has 1 aromatic carbocycles. The van der Waals surface area contributed by atoms with E-state index in [1.807, 2.05) is 24.3 Å². The Bertz CT molecular complexity index is 565. The molecule has 2 fully saturated rings. The van der Waals surface area contributed by atoms with Gasteiger partial charge in [0, 0.05) is 25.4 Å². The third-order valence-electron chi connectivity index (χ3n) is 5.60. The van der Waals surface area contributed by atoms with Crippen LogP contribution in [0, 0.1) is 11.8 Å². The molecule has 25 heavy (non-hydrogen) atoms. The quantitative estimate of drug-likeness (QED) is 0.765. The maximum atomic E-state index is 10.0. The first-order valence-electron chi connectivity index (χ1n) is 9.38. The van der Waals surface area contributed by atoms with Crippen molar-refractivity contribution in [1.82, 2.24) is 0 Å². The zero-order chi connectivity index (χ0) is 17.7. The standard InChI is InChI=1S/C21H30O4/c1-3-19(20-15-24-21(25-20)10-5-4-6-11-21)17(14-22)12-16-8-7-9-18(13-16)23-2/h3,7-9,13,17,19-20,22H,1,4-6,10-12,14-15H2,2H3/t17-,19+,20+/m0/s1. The summed E-state index contributed by atoms with van der Waals surface area (Å²) in [6.45, 7) is 4.70. The van der Waals surface area contributed by atoms with Crippen molar-refractivity contribution in [2.24, 2.45) is 11.8 Å². The second-order valence-electron chi connectivity index (χ2n) is 7.25. The minimum atomic E-state index is -0.389. The molecule has 0 unspecified atom stereocenters. The predicted octanol–water partition coefficient (Wildman–Crippen LogP) is 3.72. The molecule has 1 aromatic rings. The number of ether oxygens (including phenoxy) is 3. The summed E-state index contributed by atoms with van der Waals surface area (Å²) in [6, 6.07) is 8.01. The van der Waals surface area contributed by atoms with Gasteiger partial charge in [-0.25, -0.2) is 0 Å². The van der Waals surface area contributed by atoms with Gasteiger partial charge in [0.2, 0.25) is 0 Å². The highest BCUT2D eigenvalue weighted by Crippen LogP contribution is 2.41. The first-order chi connectivity index (χ1) is 12.2. The van der Waals surface area contributed by atoms with E-state index >= 15 is 0 Å². The summed E-state index contributed by atoms with van der Waals surface area (Å²) in [7, 11) is 1.67. The Kier molecular flexibility index (Phi) is 6.15. The van der Waals surface area contributed by atoms with Crippen LogP contribution >= 0.6 is 0 Å². The predicted molar refractivity (Wildman–Crippen MR) is 97.6 cm³/mol. The molecule has 3 rings (SSSR count). The third-order valence-corrected chi connectivity index (χ3v) is 5.60. The second-order valence-corrected chi connectivity index (χ2v) is 7.25. The normalized spacial score (nSPS) is 24.8. The van der Waals surface area contributed by atoms with Crippen LogP contribution in [0.15, 0.2) is 36.9 Å². The van der Waals surface area contributed by atoms with Crippen LogP contribution in [-0.2, 0) is 15.9 Å². The average molecular weight is 346 g/mol. The van der Waals surface area contributed by atoms with E-state index in [9.17, 15) is 5.11 Å². The number of methoxy groups -OCH3 is 1. The Labute approximate surface area is 150 Å². The van der Waals surface area contributed by atoms with Gasteiger partial charge in [0.05, 0.1) is 19.8 Å². The van der Waals surface area contributed by atoms with Crippen LogP contribution in [0.4, 0.5) is 0 Å². The van der Waals surface area contributed by atoms with Crippen molar-refractivity contribution in [1.29, 1.82) is 0 Å². The van der Waals surface area contributed by atoms with Crippen molar-refractivity contribution in [2.45, 2.75) is 50.4 Å². The van der Waals surface area contributed by atoms with Crippen LogP contribution < -0.4 is 4.74 Å². The molecular weight excluding hydrogens is 316 g/mol. The van der Waals surface area contributed by atoms with Crippen LogP contribution in [0.25, 0.3) is 0 Å². The van der Waals surface area contributed by atoms with Gasteiger partial charge in [0.1, 0.15) is 5.75 Å². The zero-order valence-corrected chi connectivity index (χ0v) is 15.2. The van der Waals surface area contributed by atoms with Crippen molar-refractivity contribution in [3.8, 4) is 5.75 Å². The van der Waals surface area contributed by atoms with E-state index in [2.05, 4.69) is 12.6 Å². The Morgan fingerprint density at radius 3 is 2.84 bits per heavy atom. The fraction of sp³-hybridized carbons (Fsp3) is 0.619. The van der Waals surface area contributed by atoms with Gasteiger partial charge in [-0.2, -0.15) is 0 Å². The number of rotatable bonds is 7. The highest BCUT2D eigenvalue weighted by molar-refractivity contribution is 5.28. The van der Waals surface area contributed by atoms with Gasteiger partial charge in [-0.1, -0.05) is 24.6 Å². The van der Waals surface area contributed by atoms with Crippen LogP contribution in [0.5, 0.6) is 5.75 Å². The van der Waals surface area contributed by atoms with Crippen molar-refractivity contribution in [3.05, 3.63) is 42.5 Å². The highest BCUT2D eigenvalue weighted by Gasteiger charge is 2.45. The summed E-state index contributed by atoms with van der Waals surface area (Å²) >= 11 is 0. The van der Waals surface area contributed by atoms with Gasteiger partial charge >= 0.3 is 0 Å². The van der Waals surface area contributed by atoms with Gasteiger partial charge in [0.25, 0.3) is 0 Å². The van der Waals surface area contributed by atoms with Crippen molar-refractivity contribution >= 4 is 0 Å². The van der Waals surface area contributed by atoms with E-state index in [0.717, 1.165) is 30.6 Å². The van der Waals surface area contributed by atoms with E-state index in [0.29, 0.717) is 6.61 Å². The SMILES string of the molecule is C=C[C@H]([C@H](CO)Cc1cccc(OC)c1)[C@H]1COC2(CCCCC2)O1. The minimum absolute atomic E-state index is 0.0293. The number of aliphatic hydroxyl groups is 1. The lowest BCUT2D eigenvalue weighted by molar-refractivity contribution is -0.191. The molecular formula is C21H30O4. The summed E-state index contributed by atoms with van der Waals surface area (Å²) in [5.41, 5.74) is 1.15. The molecule has 1 saturated carbocycles. The van der Waals surface area contributed by atoms with Gasteiger partial charge in [-0.3, -0.25) is 0 Å². The van der Waals surface area contributed by atoms with E-state index in [1.165, 1.54) is 19.3 Å². The number of benzene rings is 1. The molecule has 1 saturated heterocycles. The van der Waals surface area contributed by atoms with E-state index < -0.39 is 0 Å². The molecule has 1 aliphatic heterocycles. The van der Waals surface area contributed by atoms with Crippen LogP contribution in [0.2, 0.25) is 0 Å². The van der Waals surface area contributed by atoms with E-state index in [1.54, 1.807) is 7.11 Å². The Balaban J connectivity index is 1.68. The molecule has 4 nitrogen and oxygen atoms in total. The molecule has 0 aromatic heterocycles. The number of aliphatic hydroxyl groups excluding tert-OH is 1. The molecule has 0 radical (unpaired) electrons. The molecule has 0 amide bonds. The molecule has 2 aliphatic rings. The Hall–Kier alpha value is -1.36. The topological polar surface area (TPSA) is 47.9 Å². The maximum absolute atomic E-state index is 10.0. The molecule has 1 aliphatic carbocycles. The summed E-state index contributed by atoms with van der Waals surface area (Å²) in [5.74, 6) is 0.570. The highest BCUT2D eigenvalue weighted by atomic mass is 16.7. The van der Waals surface area contributed by atoms with Crippen molar-refractivity contribution < 1.29 is 19.3 Å². The summed E-state index contributed by atoms with van der Waals surface area (Å²) in [6.07, 6.45) is 8.21. The summed E-state index contributed by atoms with van der Waals surface area (Å²) in [4.78, 5) is 0. The molecule has 1 spiro atoms. The first-order valence-corrected chi connectivity index (χ1v) is 9.38. The van der Waals surface area contributed by atoms with Gasteiger partial charge in [0.15, 0.2) is 5.79 Å². The van der Waals surface area contributed by atoms with E-state index in [-0.39, 0.29) is 30.3 Å². The monoisotopic (exact) mass is 346 g/mol. The maximum Gasteiger partial charge on any atom is 0.168 e. The average Bonchev–Trinajstić information content (AvgIpc) is 3.05. The zero-order valence-electron chi connectivity index (χ0n) is 15.2. The minimum Gasteiger partial charge on any atom is -0.497 e. The fourth-order valence-corrected chi connectivity index (χ4v) is 4.19. The third kappa shape index (κ3) is 4.25. The second kappa shape index (κ2) is 8.35. The van der Waals surface area contributed by atoms with Crippen molar-refractivity contribution in [3.63, 3.8) is 0 Å². The van der Waals surface area contributed by atoms with Gasteiger partial charge in [-0.15, -0.1) is 6.58 Å². The van der Waals surface area contributed by atoms with Gasteiger partial charge in [-0.05, 0) is 42.9 Å². The lowest BCUT2D eigenvalue weighted by Crippen LogP contribution is -2.36. The lowest BCUT2D eigenvalue weighted by atomic mass is 9.83. The molecule has 3 atom stereocenters. The van der Waals surface area contributed by atoms with Crippen LogP contribution in [0.3, 0.4) is 0 Å². The lowest BCUT2D eigenvalue weighted by Gasteiger charge is -2.33. The van der Waals surface area contributed by atoms with E-state index in [4.69, 9.17) is 14.2 Å². The first kappa shape index (κ1) is 18.4. The molecule has 4 heteroatoms.